The van der Waals surface area contributed by atoms with E-state index in [1.807, 2.05) is 51.1 Å². The number of nitrogens with one attached hydrogen (secondary N) is 1. The van der Waals surface area contributed by atoms with Crippen LogP contribution in [0.2, 0.25) is 0 Å². The van der Waals surface area contributed by atoms with E-state index in [0.29, 0.717) is 30.3 Å². The number of aliphatic hydroxyl groups is 1. The van der Waals surface area contributed by atoms with Gasteiger partial charge in [0.25, 0.3) is 0 Å². The SMILES string of the molecule is Cc1oc(-c2ccccc2)nc1CC(=O)NCCC(O)C(C)C. The third kappa shape index (κ3) is 4.93. The molecule has 23 heavy (non-hydrogen) atoms. The van der Waals surface area contributed by atoms with Crippen molar-refractivity contribution < 1.29 is 14.3 Å². The van der Waals surface area contributed by atoms with Crippen LogP contribution in [0.15, 0.2) is 34.7 Å². The lowest BCUT2D eigenvalue weighted by molar-refractivity contribution is -0.120. The molecule has 1 atom stereocenters. The molecule has 0 fully saturated rings. The average Bonchev–Trinajstić information content (AvgIpc) is 2.89. The summed E-state index contributed by atoms with van der Waals surface area (Å²) in [6.07, 6.45) is 0.338. The normalized spacial score (nSPS) is 12.4. The van der Waals surface area contributed by atoms with Crippen molar-refractivity contribution in [2.24, 2.45) is 5.92 Å². The molecule has 0 aliphatic carbocycles. The Morgan fingerprint density at radius 2 is 2.00 bits per heavy atom. The predicted octanol–water partition coefficient (Wildman–Crippen LogP) is 2.72. The molecular formula is C18H24N2O3. The standard InChI is InChI=1S/C18H24N2O3/c1-12(2)16(21)9-10-19-17(22)11-15-13(3)23-18(20-15)14-7-5-4-6-8-14/h4-8,12,16,21H,9-11H2,1-3H3,(H,19,22). The number of oxazole rings is 1. The molecule has 5 nitrogen and oxygen atoms in total. The van der Waals surface area contributed by atoms with Crippen LogP contribution in [0, 0.1) is 12.8 Å². The number of benzene rings is 1. The van der Waals surface area contributed by atoms with Crippen LogP contribution in [0.25, 0.3) is 11.5 Å². The Labute approximate surface area is 136 Å². The summed E-state index contributed by atoms with van der Waals surface area (Å²) in [5, 5.41) is 12.5. The highest BCUT2D eigenvalue weighted by Crippen LogP contribution is 2.21. The van der Waals surface area contributed by atoms with E-state index in [2.05, 4.69) is 10.3 Å². The minimum Gasteiger partial charge on any atom is -0.441 e. The van der Waals surface area contributed by atoms with Crippen LogP contribution in [0.5, 0.6) is 0 Å². The molecule has 0 saturated carbocycles. The molecule has 2 rings (SSSR count). The van der Waals surface area contributed by atoms with E-state index in [4.69, 9.17) is 4.42 Å². The summed E-state index contributed by atoms with van der Waals surface area (Å²) in [4.78, 5) is 16.4. The fourth-order valence-electron chi connectivity index (χ4n) is 2.20. The summed E-state index contributed by atoms with van der Waals surface area (Å²) in [5.74, 6) is 1.26. The molecule has 2 aromatic rings. The Morgan fingerprint density at radius 3 is 2.65 bits per heavy atom. The first-order valence-corrected chi connectivity index (χ1v) is 7.94. The lowest BCUT2D eigenvalue weighted by Gasteiger charge is -2.14. The number of carbonyl (C=O) groups is 1. The topological polar surface area (TPSA) is 75.4 Å². The maximum Gasteiger partial charge on any atom is 0.226 e. The lowest BCUT2D eigenvalue weighted by atomic mass is 10.0. The predicted molar refractivity (Wildman–Crippen MR) is 88.9 cm³/mol. The summed E-state index contributed by atoms with van der Waals surface area (Å²) in [6.45, 7) is 6.18. The molecular weight excluding hydrogens is 292 g/mol. The summed E-state index contributed by atoms with van der Waals surface area (Å²) in [7, 11) is 0. The Morgan fingerprint density at radius 1 is 1.30 bits per heavy atom. The molecule has 0 saturated heterocycles. The van der Waals surface area contributed by atoms with Gasteiger partial charge in [-0.15, -0.1) is 0 Å². The number of rotatable bonds is 7. The van der Waals surface area contributed by atoms with Gasteiger partial charge in [0.1, 0.15) is 5.76 Å². The molecule has 0 aliphatic rings. The molecule has 5 heteroatoms. The molecule has 1 aromatic carbocycles. The zero-order valence-electron chi connectivity index (χ0n) is 13.9. The van der Waals surface area contributed by atoms with Gasteiger partial charge in [0.15, 0.2) is 0 Å². The zero-order chi connectivity index (χ0) is 16.8. The largest absolute Gasteiger partial charge is 0.441 e. The molecule has 0 aliphatic heterocycles. The second-order valence-electron chi connectivity index (χ2n) is 6.01. The number of amides is 1. The van der Waals surface area contributed by atoms with Crippen molar-refractivity contribution in [1.29, 1.82) is 0 Å². The van der Waals surface area contributed by atoms with E-state index >= 15 is 0 Å². The lowest BCUT2D eigenvalue weighted by Crippen LogP contribution is -2.30. The van der Waals surface area contributed by atoms with Crippen LogP contribution in [0.1, 0.15) is 31.7 Å². The van der Waals surface area contributed by atoms with Crippen molar-refractivity contribution in [1.82, 2.24) is 10.3 Å². The van der Waals surface area contributed by atoms with Gasteiger partial charge in [0, 0.05) is 12.1 Å². The molecule has 0 bridgehead atoms. The highest BCUT2D eigenvalue weighted by atomic mass is 16.4. The smallest absolute Gasteiger partial charge is 0.226 e. The first kappa shape index (κ1) is 17.2. The monoisotopic (exact) mass is 316 g/mol. The summed E-state index contributed by atoms with van der Waals surface area (Å²) < 4.78 is 5.64. The number of nitrogens with zero attached hydrogens (tertiary/aromatic N) is 1. The fourth-order valence-corrected chi connectivity index (χ4v) is 2.20. The van der Waals surface area contributed by atoms with Gasteiger partial charge >= 0.3 is 0 Å². The van der Waals surface area contributed by atoms with Crippen molar-refractivity contribution in [2.75, 3.05) is 6.54 Å². The van der Waals surface area contributed by atoms with Crippen molar-refractivity contribution >= 4 is 5.91 Å². The third-order valence-electron chi connectivity index (χ3n) is 3.77. The van der Waals surface area contributed by atoms with Crippen molar-refractivity contribution in [3.05, 3.63) is 41.8 Å². The Bertz CT molecular complexity index is 635. The van der Waals surface area contributed by atoms with Gasteiger partial charge < -0.3 is 14.8 Å². The molecule has 1 heterocycles. The molecule has 0 spiro atoms. The number of hydrogen-bond acceptors (Lipinski definition) is 4. The van der Waals surface area contributed by atoms with Gasteiger partial charge in [-0.1, -0.05) is 32.0 Å². The van der Waals surface area contributed by atoms with Crippen molar-refractivity contribution in [2.45, 2.75) is 39.7 Å². The zero-order valence-corrected chi connectivity index (χ0v) is 13.9. The maximum absolute atomic E-state index is 12.0. The van der Waals surface area contributed by atoms with Crippen LogP contribution in [-0.4, -0.2) is 28.6 Å². The van der Waals surface area contributed by atoms with Crippen molar-refractivity contribution in [3.63, 3.8) is 0 Å². The minimum atomic E-state index is -0.395. The van der Waals surface area contributed by atoms with Crippen LogP contribution < -0.4 is 5.32 Å². The summed E-state index contributed by atoms with van der Waals surface area (Å²) >= 11 is 0. The maximum atomic E-state index is 12.0. The second kappa shape index (κ2) is 7.92. The van der Waals surface area contributed by atoms with E-state index in [1.165, 1.54) is 0 Å². The Kier molecular flexibility index (Phi) is 5.93. The average molecular weight is 316 g/mol. The minimum absolute atomic E-state index is 0.114. The van der Waals surface area contributed by atoms with Crippen LogP contribution in [-0.2, 0) is 11.2 Å². The van der Waals surface area contributed by atoms with E-state index < -0.39 is 6.10 Å². The van der Waals surface area contributed by atoms with E-state index in [0.717, 1.165) is 5.56 Å². The number of aromatic nitrogens is 1. The van der Waals surface area contributed by atoms with E-state index in [1.54, 1.807) is 0 Å². The van der Waals surface area contributed by atoms with E-state index in [-0.39, 0.29) is 18.2 Å². The first-order chi connectivity index (χ1) is 11.0. The quantitative estimate of drug-likeness (QED) is 0.823. The number of carbonyl (C=O) groups excluding carboxylic acids is 1. The molecule has 124 valence electrons. The third-order valence-corrected chi connectivity index (χ3v) is 3.77. The fraction of sp³-hybridized carbons (Fsp3) is 0.444. The number of aliphatic hydroxyl groups excluding tert-OH is 1. The van der Waals surface area contributed by atoms with Gasteiger partial charge in [-0.25, -0.2) is 4.98 Å². The number of hydrogen-bond donors (Lipinski definition) is 2. The van der Waals surface area contributed by atoms with Crippen LogP contribution in [0.3, 0.4) is 0 Å². The van der Waals surface area contributed by atoms with Gasteiger partial charge in [0.05, 0.1) is 18.2 Å². The Balaban J connectivity index is 1.90. The highest BCUT2D eigenvalue weighted by Gasteiger charge is 2.15. The molecule has 0 radical (unpaired) electrons. The molecule has 1 amide bonds. The van der Waals surface area contributed by atoms with Gasteiger partial charge in [0.2, 0.25) is 11.8 Å². The van der Waals surface area contributed by atoms with E-state index in [9.17, 15) is 9.90 Å². The summed E-state index contributed by atoms with van der Waals surface area (Å²) in [5.41, 5.74) is 1.54. The van der Waals surface area contributed by atoms with Crippen molar-refractivity contribution in [3.8, 4) is 11.5 Å². The molecule has 1 unspecified atom stereocenters. The highest BCUT2D eigenvalue weighted by molar-refractivity contribution is 5.78. The first-order valence-electron chi connectivity index (χ1n) is 7.94. The van der Waals surface area contributed by atoms with Gasteiger partial charge in [-0.3, -0.25) is 4.79 Å². The van der Waals surface area contributed by atoms with Gasteiger partial charge in [-0.2, -0.15) is 0 Å². The molecule has 1 aromatic heterocycles. The number of aryl methyl sites for hydroxylation is 1. The van der Waals surface area contributed by atoms with Crippen LogP contribution >= 0.6 is 0 Å². The summed E-state index contributed by atoms with van der Waals surface area (Å²) in [6, 6.07) is 9.60. The van der Waals surface area contributed by atoms with Gasteiger partial charge in [-0.05, 0) is 31.4 Å². The molecule has 2 N–H and O–H groups in total. The second-order valence-corrected chi connectivity index (χ2v) is 6.01. The Hall–Kier alpha value is -2.14. The van der Waals surface area contributed by atoms with Crippen LogP contribution in [0.4, 0.5) is 0 Å².